The van der Waals surface area contributed by atoms with E-state index in [1.54, 1.807) is 38.1 Å². The lowest BCUT2D eigenvalue weighted by Gasteiger charge is -2.37. The standard InChI is InChI=1S/C20H20N2O4/c1-13(2)20(17(23)21-19(25)22-18(20)24)15-8-10-16(11-9-15)26-12-14-6-4-3-5-7-14/h3-11,13H,12H2,1-2H3,(H2,21,22,23,24,25). The lowest BCUT2D eigenvalue weighted by Crippen LogP contribution is -2.66. The molecule has 3 rings (SSSR count). The van der Waals surface area contributed by atoms with E-state index in [1.807, 2.05) is 30.3 Å². The first kappa shape index (κ1) is 17.7. The van der Waals surface area contributed by atoms with Gasteiger partial charge in [-0.2, -0.15) is 0 Å². The summed E-state index contributed by atoms with van der Waals surface area (Å²) < 4.78 is 5.74. The molecule has 1 aliphatic heterocycles. The van der Waals surface area contributed by atoms with Gasteiger partial charge in [0.25, 0.3) is 0 Å². The van der Waals surface area contributed by atoms with Crippen LogP contribution >= 0.6 is 0 Å². The van der Waals surface area contributed by atoms with Crippen LogP contribution in [0.4, 0.5) is 4.79 Å². The Kier molecular flexibility index (Phi) is 4.75. The summed E-state index contributed by atoms with van der Waals surface area (Å²) in [5.41, 5.74) is 0.105. The van der Waals surface area contributed by atoms with E-state index in [1.165, 1.54) is 0 Å². The highest BCUT2D eigenvalue weighted by molar-refractivity contribution is 6.23. The van der Waals surface area contributed by atoms with Crippen molar-refractivity contribution in [1.29, 1.82) is 0 Å². The van der Waals surface area contributed by atoms with Crippen molar-refractivity contribution < 1.29 is 19.1 Å². The largest absolute Gasteiger partial charge is 0.489 e. The van der Waals surface area contributed by atoms with Gasteiger partial charge in [0.15, 0.2) is 5.41 Å². The van der Waals surface area contributed by atoms with Gasteiger partial charge < -0.3 is 4.74 Å². The fraction of sp³-hybridized carbons (Fsp3) is 0.250. The number of urea groups is 1. The lowest BCUT2D eigenvalue weighted by molar-refractivity contribution is -0.140. The number of carbonyl (C=O) groups excluding carboxylic acids is 3. The second kappa shape index (κ2) is 7.00. The average Bonchev–Trinajstić information content (AvgIpc) is 2.61. The van der Waals surface area contributed by atoms with Gasteiger partial charge in [-0.25, -0.2) is 4.79 Å². The molecule has 1 saturated heterocycles. The zero-order valence-corrected chi connectivity index (χ0v) is 14.6. The van der Waals surface area contributed by atoms with Crippen molar-refractivity contribution in [2.75, 3.05) is 0 Å². The SMILES string of the molecule is CC(C)C1(c2ccc(OCc3ccccc3)cc2)C(=O)NC(=O)NC1=O. The minimum absolute atomic E-state index is 0.341. The highest BCUT2D eigenvalue weighted by Gasteiger charge is 2.53. The third-order valence-corrected chi connectivity index (χ3v) is 4.59. The molecule has 0 spiro atoms. The van der Waals surface area contributed by atoms with E-state index in [0.29, 0.717) is 17.9 Å². The van der Waals surface area contributed by atoms with Crippen molar-refractivity contribution >= 4 is 17.8 Å². The second-order valence-corrected chi connectivity index (χ2v) is 6.50. The van der Waals surface area contributed by atoms with Gasteiger partial charge in [0.2, 0.25) is 11.8 Å². The molecule has 0 unspecified atom stereocenters. The molecule has 26 heavy (non-hydrogen) atoms. The van der Waals surface area contributed by atoms with Crippen molar-refractivity contribution in [3.8, 4) is 5.75 Å². The van der Waals surface area contributed by atoms with Crippen LogP contribution in [-0.4, -0.2) is 17.8 Å². The second-order valence-electron chi connectivity index (χ2n) is 6.50. The van der Waals surface area contributed by atoms with Gasteiger partial charge in [-0.3, -0.25) is 20.2 Å². The summed E-state index contributed by atoms with van der Waals surface area (Å²) in [5, 5.41) is 4.40. The zero-order valence-electron chi connectivity index (χ0n) is 14.6. The van der Waals surface area contributed by atoms with Crippen LogP contribution in [0.2, 0.25) is 0 Å². The number of carbonyl (C=O) groups is 3. The molecule has 4 amide bonds. The van der Waals surface area contributed by atoms with Crippen molar-refractivity contribution in [2.45, 2.75) is 25.9 Å². The summed E-state index contributed by atoms with van der Waals surface area (Å²) >= 11 is 0. The molecular formula is C20H20N2O4. The summed E-state index contributed by atoms with van der Waals surface area (Å²) in [5.74, 6) is -0.936. The number of nitrogens with one attached hydrogen (secondary N) is 2. The number of amides is 4. The van der Waals surface area contributed by atoms with Gasteiger partial charge in [0, 0.05) is 0 Å². The Hall–Kier alpha value is -3.15. The Morgan fingerprint density at radius 3 is 2.00 bits per heavy atom. The smallest absolute Gasteiger partial charge is 0.328 e. The molecule has 2 aromatic carbocycles. The van der Waals surface area contributed by atoms with Crippen LogP contribution in [0.15, 0.2) is 54.6 Å². The maximum absolute atomic E-state index is 12.6. The highest BCUT2D eigenvalue weighted by atomic mass is 16.5. The van der Waals surface area contributed by atoms with Crippen LogP contribution in [0.3, 0.4) is 0 Å². The number of benzene rings is 2. The van der Waals surface area contributed by atoms with E-state index < -0.39 is 23.3 Å². The van der Waals surface area contributed by atoms with Crippen LogP contribution in [0, 0.1) is 5.92 Å². The van der Waals surface area contributed by atoms with Crippen molar-refractivity contribution in [1.82, 2.24) is 10.6 Å². The molecule has 2 N–H and O–H groups in total. The van der Waals surface area contributed by atoms with E-state index in [-0.39, 0.29) is 5.92 Å². The maximum atomic E-state index is 12.6. The van der Waals surface area contributed by atoms with Gasteiger partial charge in [0.05, 0.1) is 0 Å². The Bertz CT molecular complexity index is 809. The first-order valence-corrected chi connectivity index (χ1v) is 8.38. The summed E-state index contributed by atoms with van der Waals surface area (Å²) in [6.45, 7) is 3.97. The monoisotopic (exact) mass is 352 g/mol. The molecule has 2 aromatic rings. The highest BCUT2D eigenvalue weighted by Crippen LogP contribution is 2.35. The van der Waals surface area contributed by atoms with Crippen molar-refractivity contribution in [2.24, 2.45) is 5.92 Å². The first-order valence-electron chi connectivity index (χ1n) is 8.38. The van der Waals surface area contributed by atoms with Gasteiger partial charge in [-0.1, -0.05) is 56.3 Å². The topological polar surface area (TPSA) is 84.5 Å². The molecule has 134 valence electrons. The Morgan fingerprint density at radius 1 is 0.885 bits per heavy atom. The molecule has 1 heterocycles. The van der Waals surface area contributed by atoms with Gasteiger partial charge in [-0.15, -0.1) is 0 Å². The van der Waals surface area contributed by atoms with Crippen LogP contribution in [-0.2, 0) is 21.6 Å². The van der Waals surface area contributed by atoms with E-state index >= 15 is 0 Å². The molecule has 0 bridgehead atoms. The van der Waals surface area contributed by atoms with E-state index in [9.17, 15) is 14.4 Å². The Labute approximate surface area is 151 Å². The Balaban J connectivity index is 1.84. The van der Waals surface area contributed by atoms with E-state index in [2.05, 4.69) is 10.6 Å². The number of imide groups is 2. The normalized spacial score (nSPS) is 16.2. The van der Waals surface area contributed by atoms with E-state index in [0.717, 1.165) is 5.56 Å². The van der Waals surface area contributed by atoms with Crippen molar-refractivity contribution in [3.63, 3.8) is 0 Å². The molecule has 6 heteroatoms. The summed E-state index contributed by atoms with van der Waals surface area (Å²) in [6, 6.07) is 15.8. The molecule has 0 aliphatic carbocycles. The molecule has 0 radical (unpaired) electrons. The minimum atomic E-state index is -1.45. The predicted octanol–water partition coefficient (Wildman–Crippen LogP) is 2.53. The molecule has 0 saturated carbocycles. The number of hydrogen-bond acceptors (Lipinski definition) is 4. The van der Waals surface area contributed by atoms with E-state index in [4.69, 9.17) is 4.74 Å². The number of ether oxygens (including phenoxy) is 1. The number of barbiturate groups is 1. The molecule has 0 aromatic heterocycles. The zero-order chi connectivity index (χ0) is 18.7. The fourth-order valence-corrected chi connectivity index (χ4v) is 3.21. The van der Waals surface area contributed by atoms with Crippen molar-refractivity contribution in [3.05, 3.63) is 65.7 Å². The van der Waals surface area contributed by atoms with Gasteiger partial charge >= 0.3 is 6.03 Å². The third kappa shape index (κ3) is 3.06. The lowest BCUT2D eigenvalue weighted by atomic mass is 9.69. The average molecular weight is 352 g/mol. The third-order valence-electron chi connectivity index (χ3n) is 4.59. The summed E-state index contributed by atoms with van der Waals surface area (Å²) in [6.07, 6.45) is 0. The van der Waals surface area contributed by atoms with Crippen LogP contribution in [0.5, 0.6) is 5.75 Å². The van der Waals surface area contributed by atoms with Crippen LogP contribution in [0.1, 0.15) is 25.0 Å². The Morgan fingerprint density at radius 2 is 1.46 bits per heavy atom. The number of hydrogen-bond donors (Lipinski definition) is 2. The molecular weight excluding hydrogens is 332 g/mol. The quantitative estimate of drug-likeness (QED) is 0.810. The predicted molar refractivity (Wildman–Crippen MR) is 95.4 cm³/mol. The maximum Gasteiger partial charge on any atom is 0.328 e. The van der Waals surface area contributed by atoms with Gasteiger partial charge in [0.1, 0.15) is 12.4 Å². The molecule has 0 atom stereocenters. The summed E-state index contributed by atoms with van der Waals surface area (Å²) in [7, 11) is 0. The minimum Gasteiger partial charge on any atom is -0.489 e. The fourth-order valence-electron chi connectivity index (χ4n) is 3.21. The van der Waals surface area contributed by atoms with Gasteiger partial charge in [-0.05, 0) is 29.2 Å². The summed E-state index contributed by atoms with van der Waals surface area (Å²) in [4.78, 5) is 36.5. The van der Waals surface area contributed by atoms with Crippen LogP contribution in [0.25, 0.3) is 0 Å². The first-order chi connectivity index (χ1) is 12.4. The van der Waals surface area contributed by atoms with Crippen LogP contribution < -0.4 is 15.4 Å². The molecule has 1 fully saturated rings. The number of rotatable bonds is 5. The molecule has 6 nitrogen and oxygen atoms in total. The molecule has 1 aliphatic rings.